The van der Waals surface area contributed by atoms with Crippen molar-refractivity contribution in [1.82, 2.24) is 9.97 Å². The molecule has 1 fully saturated rings. The van der Waals surface area contributed by atoms with Crippen molar-refractivity contribution in [3.8, 4) is 0 Å². The fraction of sp³-hybridized carbons (Fsp3) is 0.538. The second-order valence-corrected chi connectivity index (χ2v) is 6.52. The van der Waals surface area contributed by atoms with Crippen molar-refractivity contribution >= 4 is 39.1 Å². The van der Waals surface area contributed by atoms with Crippen LogP contribution in [-0.4, -0.2) is 22.6 Å². The lowest BCUT2D eigenvalue weighted by Crippen LogP contribution is -2.38. The number of hydrogen-bond acceptors (Lipinski definition) is 4. The van der Waals surface area contributed by atoms with Gasteiger partial charge in [-0.05, 0) is 39.2 Å². The summed E-state index contributed by atoms with van der Waals surface area (Å²) in [7, 11) is 0. The molecular formula is C13H16ClN3S. The molecule has 1 unspecified atom stereocenters. The molecule has 0 saturated carbocycles. The number of fused-ring (bicyclic) bond motifs is 1. The molecule has 0 aliphatic carbocycles. The van der Waals surface area contributed by atoms with Gasteiger partial charge >= 0.3 is 0 Å². The molecule has 2 aromatic rings. The molecule has 3 rings (SSSR count). The van der Waals surface area contributed by atoms with E-state index < -0.39 is 0 Å². The maximum Gasteiger partial charge on any atom is 0.228 e. The highest BCUT2D eigenvalue weighted by atomic mass is 35.5. The first-order valence-corrected chi connectivity index (χ1v) is 7.55. The molecule has 3 heterocycles. The molecule has 2 aromatic heterocycles. The second kappa shape index (κ2) is 4.67. The van der Waals surface area contributed by atoms with Crippen LogP contribution >= 0.6 is 22.9 Å². The van der Waals surface area contributed by atoms with E-state index in [1.807, 2.05) is 0 Å². The molecule has 1 atom stereocenters. The second-order valence-electron chi connectivity index (χ2n) is 4.93. The number of halogens is 1. The molecule has 18 heavy (non-hydrogen) atoms. The third kappa shape index (κ3) is 2.08. The maximum atomic E-state index is 6.27. The topological polar surface area (TPSA) is 29.0 Å². The van der Waals surface area contributed by atoms with Crippen molar-refractivity contribution in [3.63, 3.8) is 0 Å². The number of anilines is 1. The van der Waals surface area contributed by atoms with Gasteiger partial charge in [0.2, 0.25) is 5.95 Å². The fourth-order valence-electron chi connectivity index (χ4n) is 2.52. The minimum Gasteiger partial charge on any atom is -0.338 e. The lowest BCUT2D eigenvalue weighted by molar-refractivity contribution is 0.477. The van der Waals surface area contributed by atoms with E-state index >= 15 is 0 Å². The molecule has 0 spiro atoms. The molecule has 0 N–H and O–H groups in total. The van der Waals surface area contributed by atoms with Gasteiger partial charge in [0.25, 0.3) is 0 Å². The summed E-state index contributed by atoms with van der Waals surface area (Å²) >= 11 is 7.95. The molecule has 0 aromatic carbocycles. The van der Waals surface area contributed by atoms with Crippen LogP contribution in [0.5, 0.6) is 0 Å². The van der Waals surface area contributed by atoms with Gasteiger partial charge in [0.05, 0.1) is 0 Å². The smallest absolute Gasteiger partial charge is 0.228 e. The van der Waals surface area contributed by atoms with Gasteiger partial charge in [-0.15, -0.1) is 11.3 Å². The summed E-state index contributed by atoms with van der Waals surface area (Å²) in [5.41, 5.74) is 0. The largest absolute Gasteiger partial charge is 0.338 e. The van der Waals surface area contributed by atoms with Gasteiger partial charge < -0.3 is 4.90 Å². The summed E-state index contributed by atoms with van der Waals surface area (Å²) in [6.07, 6.45) is 3.72. The van der Waals surface area contributed by atoms with E-state index in [4.69, 9.17) is 11.6 Å². The number of aryl methyl sites for hydroxylation is 1. The Kier molecular flexibility index (Phi) is 3.16. The number of hydrogen-bond donors (Lipinski definition) is 0. The molecule has 1 aliphatic heterocycles. The average molecular weight is 282 g/mol. The minimum atomic E-state index is 0.508. The lowest BCUT2D eigenvalue weighted by atomic mass is 10.0. The summed E-state index contributed by atoms with van der Waals surface area (Å²) in [4.78, 5) is 13.7. The van der Waals surface area contributed by atoms with Gasteiger partial charge in [-0.3, -0.25) is 0 Å². The first-order chi connectivity index (χ1) is 8.65. The Hall–Kier alpha value is -0.870. The molecule has 1 aliphatic rings. The SMILES string of the molecule is Cc1cc2c(Cl)nc(N3CCCCC3C)nc2s1. The zero-order chi connectivity index (χ0) is 12.7. The Balaban J connectivity index is 2.06. The summed E-state index contributed by atoms with van der Waals surface area (Å²) < 4.78 is 0. The van der Waals surface area contributed by atoms with Crippen LogP contribution in [0.3, 0.4) is 0 Å². The molecule has 1 saturated heterocycles. The predicted molar refractivity (Wildman–Crippen MR) is 77.8 cm³/mol. The molecular weight excluding hydrogens is 266 g/mol. The van der Waals surface area contributed by atoms with Gasteiger partial charge in [-0.2, -0.15) is 0 Å². The number of piperidine rings is 1. The first-order valence-electron chi connectivity index (χ1n) is 6.35. The molecule has 96 valence electrons. The predicted octanol–water partition coefficient (Wildman–Crippen LogP) is 4.03. The van der Waals surface area contributed by atoms with E-state index in [0.717, 1.165) is 22.7 Å². The number of nitrogens with zero attached hydrogens (tertiary/aromatic N) is 3. The van der Waals surface area contributed by atoms with E-state index in [9.17, 15) is 0 Å². The molecule has 5 heteroatoms. The molecule has 3 nitrogen and oxygen atoms in total. The Morgan fingerprint density at radius 2 is 2.22 bits per heavy atom. The standard InChI is InChI=1S/C13H16ClN3S/c1-8-5-3-4-6-17(8)13-15-11(14)10-7-9(2)18-12(10)16-13/h7-8H,3-6H2,1-2H3. The van der Waals surface area contributed by atoms with Gasteiger partial charge in [-0.25, -0.2) is 9.97 Å². The van der Waals surface area contributed by atoms with Crippen LogP contribution in [0.1, 0.15) is 31.1 Å². The van der Waals surface area contributed by atoms with E-state index in [-0.39, 0.29) is 0 Å². The van der Waals surface area contributed by atoms with Crippen LogP contribution in [0.25, 0.3) is 10.2 Å². The fourth-order valence-corrected chi connectivity index (χ4v) is 3.67. The monoisotopic (exact) mass is 281 g/mol. The number of aromatic nitrogens is 2. The quantitative estimate of drug-likeness (QED) is 0.739. The van der Waals surface area contributed by atoms with Gasteiger partial charge in [0.15, 0.2) is 0 Å². The number of rotatable bonds is 1. The summed E-state index contributed by atoms with van der Waals surface area (Å²) in [5.74, 6) is 0.793. The molecule has 0 amide bonds. The average Bonchev–Trinajstić information content (AvgIpc) is 2.71. The molecule has 0 bridgehead atoms. The van der Waals surface area contributed by atoms with E-state index in [1.165, 1.54) is 24.1 Å². The van der Waals surface area contributed by atoms with Crippen LogP contribution in [-0.2, 0) is 0 Å². The van der Waals surface area contributed by atoms with Crippen LogP contribution in [0.15, 0.2) is 6.07 Å². The van der Waals surface area contributed by atoms with Crippen LogP contribution in [0.4, 0.5) is 5.95 Å². The van der Waals surface area contributed by atoms with Gasteiger partial charge in [0, 0.05) is 22.8 Å². The third-order valence-corrected chi connectivity index (χ3v) is 4.75. The van der Waals surface area contributed by atoms with Crippen molar-refractivity contribution in [1.29, 1.82) is 0 Å². The van der Waals surface area contributed by atoms with Crippen molar-refractivity contribution in [2.24, 2.45) is 0 Å². The third-order valence-electron chi connectivity index (χ3n) is 3.52. The number of thiophene rings is 1. The van der Waals surface area contributed by atoms with Crippen LogP contribution in [0.2, 0.25) is 5.15 Å². The normalized spacial score (nSPS) is 20.6. The summed E-state index contributed by atoms with van der Waals surface area (Å²) in [5, 5.41) is 1.56. The summed E-state index contributed by atoms with van der Waals surface area (Å²) in [6, 6.07) is 2.57. The van der Waals surface area contributed by atoms with E-state index in [0.29, 0.717) is 11.2 Å². The van der Waals surface area contributed by atoms with E-state index in [2.05, 4.69) is 34.8 Å². The minimum absolute atomic E-state index is 0.508. The van der Waals surface area contributed by atoms with Crippen molar-refractivity contribution < 1.29 is 0 Å². The van der Waals surface area contributed by atoms with Gasteiger partial charge in [-0.1, -0.05) is 11.6 Å². The Labute approximate surface area is 116 Å². The van der Waals surface area contributed by atoms with Crippen LogP contribution < -0.4 is 4.90 Å². The highest BCUT2D eigenvalue weighted by molar-refractivity contribution is 7.18. The maximum absolute atomic E-state index is 6.27. The van der Waals surface area contributed by atoms with Crippen molar-refractivity contribution in [2.75, 3.05) is 11.4 Å². The first kappa shape index (κ1) is 12.2. The summed E-state index contributed by atoms with van der Waals surface area (Å²) in [6.45, 7) is 5.35. The zero-order valence-electron chi connectivity index (χ0n) is 10.6. The van der Waals surface area contributed by atoms with Crippen LogP contribution in [0, 0.1) is 6.92 Å². The Morgan fingerprint density at radius 1 is 1.39 bits per heavy atom. The van der Waals surface area contributed by atoms with Crippen molar-refractivity contribution in [3.05, 3.63) is 16.1 Å². The molecule has 0 radical (unpaired) electrons. The zero-order valence-corrected chi connectivity index (χ0v) is 12.2. The highest BCUT2D eigenvalue weighted by Gasteiger charge is 2.22. The van der Waals surface area contributed by atoms with E-state index in [1.54, 1.807) is 11.3 Å². The Morgan fingerprint density at radius 3 is 3.00 bits per heavy atom. The van der Waals surface area contributed by atoms with Gasteiger partial charge in [0.1, 0.15) is 9.98 Å². The lowest BCUT2D eigenvalue weighted by Gasteiger charge is -2.33. The Bertz CT molecular complexity index is 581. The van der Waals surface area contributed by atoms with Crippen molar-refractivity contribution in [2.45, 2.75) is 39.2 Å². The highest BCUT2D eigenvalue weighted by Crippen LogP contribution is 2.31.